The first-order chi connectivity index (χ1) is 16.9. The lowest BCUT2D eigenvalue weighted by molar-refractivity contribution is 0.199. The average Bonchev–Trinajstić information content (AvgIpc) is 3.33. The van der Waals surface area contributed by atoms with Crippen LogP contribution in [-0.4, -0.2) is 61.0 Å². The third-order valence-corrected chi connectivity index (χ3v) is 9.50. The van der Waals surface area contributed by atoms with E-state index in [4.69, 9.17) is 9.26 Å². The van der Waals surface area contributed by atoms with Gasteiger partial charge < -0.3 is 14.4 Å². The van der Waals surface area contributed by atoms with E-state index in [0.29, 0.717) is 28.6 Å². The Balaban J connectivity index is 1.79. The minimum absolute atomic E-state index is 0.0517. The van der Waals surface area contributed by atoms with Crippen molar-refractivity contribution in [3.8, 4) is 28.6 Å². The van der Waals surface area contributed by atoms with Crippen LogP contribution in [0.4, 0.5) is 9.18 Å². The van der Waals surface area contributed by atoms with Gasteiger partial charge in [-0.25, -0.2) is 27.7 Å². The summed E-state index contributed by atoms with van der Waals surface area (Å²) in [6, 6.07) is 5.91. The van der Waals surface area contributed by atoms with Crippen molar-refractivity contribution in [2.75, 3.05) is 19.9 Å². The summed E-state index contributed by atoms with van der Waals surface area (Å²) < 4.78 is 42.4. The van der Waals surface area contributed by atoms with Crippen LogP contribution in [0.5, 0.6) is 5.88 Å². The number of carboxylic acid groups (broad SMARTS) is 1. The van der Waals surface area contributed by atoms with E-state index in [0.717, 1.165) is 0 Å². The first-order valence-electron chi connectivity index (χ1n) is 10.8. The number of nitrogens with zero attached hydrogens (tertiary/aromatic N) is 5. The van der Waals surface area contributed by atoms with Gasteiger partial charge in [-0.2, -0.15) is 0 Å². The highest BCUT2D eigenvalue weighted by molar-refractivity contribution is 7.95. The summed E-state index contributed by atoms with van der Waals surface area (Å²) in [7, 11) is -0.165. The van der Waals surface area contributed by atoms with E-state index in [2.05, 4.69) is 29.8 Å². The predicted octanol–water partition coefficient (Wildman–Crippen LogP) is 3.72. The zero-order valence-electron chi connectivity index (χ0n) is 20.3. The minimum Gasteiger partial charge on any atom is -0.480 e. The van der Waals surface area contributed by atoms with Crippen LogP contribution < -0.4 is 10.1 Å². The van der Waals surface area contributed by atoms with Crippen LogP contribution in [0.2, 0.25) is 0 Å². The molecule has 0 spiro atoms. The molecule has 3 heterocycles. The molecule has 0 aliphatic carbocycles. The fraction of sp³-hybridized carbons (Fsp3) is 0.348. The van der Waals surface area contributed by atoms with Crippen LogP contribution in [0.3, 0.4) is 0 Å². The summed E-state index contributed by atoms with van der Waals surface area (Å²) in [5, 5.41) is 15.6. The smallest absolute Gasteiger partial charge is 0.410 e. The average molecular weight is 517 g/mol. The highest BCUT2D eigenvalue weighted by atomic mass is 32.2. The molecule has 1 aliphatic rings. The monoisotopic (exact) mass is 516 g/mol. The Bertz CT molecular complexity index is 1480. The van der Waals surface area contributed by atoms with Crippen molar-refractivity contribution >= 4 is 21.7 Å². The zero-order chi connectivity index (χ0) is 26.3. The molecule has 0 saturated heterocycles. The molecule has 2 N–H and O–H groups in total. The summed E-state index contributed by atoms with van der Waals surface area (Å²) in [6.07, 6.45) is 1.56. The summed E-state index contributed by atoms with van der Waals surface area (Å²) in [6.45, 7) is 4.79. The van der Waals surface area contributed by atoms with Gasteiger partial charge in [-0.15, -0.1) is 0 Å². The van der Waals surface area contributed by atoms with Gasteiger partial charge in [-0.3, -0.25) is 10.3 Å². The van der Waals surface area contributed by atoms with Gasteiger partial charge in [0.2, 0.25) is 5.88 Å². The van der Waals surface area contributed by atoms with Crippen molar-refractivity contribution in [1.29, 1.82) is 0 Å². The number of carbonyl (C=O) groups is 1. The van der Waals surface area contributed by atoms with Gasteiger partial charge in [0.1, 0.15) is 33.3 Å². The van der Waals surface area contributed by atoms with E-state index in [-0.39, 0.29) is 17.2 Å². The van der Waals surface area contributed by atoms with Crippen molar-refractivity contribution in [1.82, 2.24) is 20.4 Å². The van der Waals surface area contributed by atoms with Gasteiger partial charge in [-0.1, -0.05) is 5.16 Å². The standard InChI is InChI=1S/C23H25FN6O5S/c1-22(2)20(28-21(31)32)29-23(3,12-36(22,33)25-4)14-8-13(6-7-15(14)24)18-9-16(30-35-18)17-10-27-19(34-5)11-26-17/h6-11H,12H2,1-5H3,(H,28,29)(H,31,32)/t23-,36?/m0/s1. The molecule has 0 radical (unpaired) electrons. The fourth-order valence-corrected chi connectivity index (χ4v) is 6.34. The topological polar surface area (TPSA) is 152 Å². The second-order valence-electron chi connectivity index (χ2n) is 8.86. The number of aromatic nitrogens is 3. The predicted molar refractivity (Wildman–Crippen MR) is 131 cm³/mol. The molecule has 4 rings (SSSR count). The Morgan fingerprint density at radius 2 is 1.97 bits per heavy atom. The van der Waals surface area contributed by atoms with E-state index < -0.39 is 31.9 Å². The molecule has 0 fully saturated rings. The molecular weight excluding hydrogens is 491 g/mol. The molecule has 36 heavy (non-hydrogen) atoms. The van der Waals surface area contributed by atoms with Gasteiger partial charge >= 0.3 is 6.09 Å². The zero-order valence-corrected chi connectivity index (χ0v) is 21.1. The third-order valence-electron chi connectivity index (χ3n) is 6.16. The van der Waals surface area contributed by atoms with Crippen molar-refractivity contribution < 1.29 is 27.8 Å². The molecular formula is C23H25FN6O5S. The number of hydrogen-bond donors (Lipinski definition) is 2. The van der Waals surface area contributed by atoms with Crippen LogP contribution in [-0.2, 0) is 15.3 Å². The van der Waals surface area contributed by atoms with Gasteiger partial charge in [-0.05, 0) is 39.0 Å². The number of hydrogen-bond acceptors (Lipinski definition) is 9. The number of aliphatic imine (C=N–C) groups is 1. The summed E-state index contributed by atoms with van der Waals surface area (Å²) in [5.74, 6) is -0.0839. The lowest BCUT2D eigenvalue weighted by Crippen LogP contribution is -2.57. The molecule has 1 amide bonds. The first-order valence-corrected chi connectivity index (χ1v) is 12.5. The van der Waals surface area contributed by atoms with Crippen LogP contribution in [0.15, 0.2) is 50.5 Å². The lowest BCUT2D eigenvalue weighted by Gasteiger charge is -2.41. The molecule has 1 aromatic carbocycles. The van der Waals surface area contributed by atoms with Crippen LogP contribution in [0, 0.1) is 5.82 Å². The molecule has 1 aliphatic heterocycles. The lowest BCUT2D eigenvalue weighted by atomic mass is 9.91. The Kier molecular flexibility index (Phi) is 6.29. The number of halogens is 1. The van der Waals surface area contributed by atoms with Gasteiger partial charge in [0.05, 0.1) is 35.0 Å². The largest absolute Gasteiger partial charge is 0.480 e. The SMILES string of the molecule is CN=S1(=O)C[C@@](C)(c2cc(-c3cc(-c4cnc(OC)cn4)no3)ccc2F)N=C(NC(=O)O)C1(C)C. The molecule has 1 unspecified atom stereocenters. The molecule has 190 valence electrons. The maximum atomic E-state index is 15.2. The summed E-state index contributed by atoms with van der Waals surface area (Å²) in [5.41, 5.74) is 0.0801. The van der Waals surface area contributed by atoms with E-state index in [1.165, 1.54) is 44.8 Å². The molecule has 3 aromatic rings. The maximum Gasteiger partial charge on any atom is 0.410 e. The fourth-order valence-electron chi connectivity index (χ4n) is 4.01. The number of nitrogens with one attached hydrogen (secondary N) is 1. The summed E-state index contributed by atoms with van der Waals surface area (Å²) >= 11 is 0. The van der Waals surface area contributed by atoms with Crippen LogP contribution in [0.1, 0.15) is 26.3 Å². The van der Waals surface area contributed by atoms with Gasteiger partial charge in [0.25, 0.3) is 0 Å². The number of methoxy groups -OCH3 is 1. The molecule has 0 bridgehead atoms. The Labute approximate surface area is 207 Å². The van der Waals surface area contributed by atoms with Crippen molar-refractivity contribution in [2.45, 2.75) is 31.1 Å². The third kappa shape index (κ3) is 4.30. The van der Waals surface area contributed by atoms with E-state index in [1.54, 1.807) is 26.8 Å². The van der Waals surface area contributed by atoms with E-state index in [1.807, 2.05) is 0 Å². The number of benzene rings is 1. The first kappa shape index (κ1) is 25.2. The minimum atomic E-state index is -3.05. The molecule has 2 aromatic heterocycles. The second-order valence-corrected chi connectivity index (χ2v) is 11.8. The van der Waals surface area contributed by atoms with Crippen LogP contribution >= 0.6 is 0 Å². The second kappa shape index (κ2) is 8.97. The highest BCUT2D eigenvalue weighted by Crippen LogP contribution is 2.40. The molecule has 2 atom stereocenters. The molecule has 11 nitrogen and oxygen atoms in total. The van der Waals surface area contributed by atoms with Crippen molar-refractivity contribution in [3.63, 3.8) is 0 Å². The van der Waals surface area contributed by atoms with E-state index >= 15 is 4.39 Å². The summed E-state index contributed by atoms with van der Waals surface area (Å²) in [4.78, 5) is 24.3. The Morgan fingerprint density at radius 1 is 1.22 bits per heavy atom. The van der Waals surface area contributed by atoms with Crippen molar-refractivity contribution in [2.24, 2.45) is 9.36 Å². The van der Waals surface area contributed by atoms with Gasteiger partial charge in [0.15, 0.2) is 5.76 Å². The molecule has 13 heteroatoms. The van der Waals surface area contributed by atoms with Gasteiger partial charge in [0, 0.05) is 24.2 Å². The number of amidine groups is 1. The number of rotatable bonds is 4. The van der Waals surface area contributed by atoms with Crippen LogP contribution in [0.25, 0.3) is 22.7 Å². The Hall–Kier alpha value is -3.87. The quantitative estimate of drug-likeness (QED) is 0.532. The normalized spacial score (nSPS) is 23.0. The Morgan fingerprint density at radius 3 is 2.58 bits per heavy atom. The van der Waals surface area contributed by atoms with E-state index in [9.17, 15) is 14.1 Å². The maximum absolute atomic E-state index is 15.2. The molecule has 0 saturated carbocycles. The van der Waals surface area contributed by atoms with Crippen molar-refractivity contribution in [3.05, 3.63) is 48.0 Å². The number of amides is 1. The number of ether oxygens (including phenoxy) is 1. The highest BCUT2D eigenvalue weighted by Gasteiger charge is 2.49.